The van der Waals surface area contributed by atoms with E-state index in [0.29, 0.717) is 32.0 Å². The van der Waals surface area contributed by atoms with Crippen LogP contribution < -0.4 is 10.2 Å². The zero-order chi connectivity index (χ0) is 18.2. The monoisotopic (exact) mass is 418 g/mol. The number of nitrogens with zero attached hydrogens (tertiary/aromatic N) is 1. The minimum absolute atomic E-state index is 0.0289. The summed E-state index contributed by atoms with van der Waals surface area (Å²) in [5.74, 6) is 0.485. The Balaban J connectivity index is 1.46. The fraction of sp³-hybridized carbons (Fsp3) is 0.263. The Kier molecular flexibility index (Phi) is 6.76. The second-order valence-electron chi connectivity index (χ2n) is 5.65. The van der Waals surface area contributed by atoms with E-state index in [2.05, 4.69) is 26.5 Å². The van der Waals surface area contributed by atoms with Crippen molar-refractivity contribution in [1.29, 1.82) is 0 Å². The second-order valence-corrected chi connectivity index (χ2v) is 6.57. The third-order valence-electron chi connectivity index (χ3n) is 3.69. The van der Waals surface area contributed by atoms with Gasteiger partial charge in [-0.25, -0.2) is 5.43 Å². The fourth-order valence-corrected chi connectivity index (χ4v) is 2.57. The quantitative estimate of drug-likeness (QED) is 0.578. The summed E-state index contributed by atoms with van der Waals surface area (Å²) in [7, 11) is 0. The van der Waals surface area contributed by atoms with Crippen LogP contribution in [-0.2, 0) is 9.47 Å². The predicted molar refractivity (Wildman–Crippen MR) is 102 cm³/mol. The Hall–Kier alpha value is -2.22. The maximum absolute atomic E-state index is 12.0. The topological polar surface area (TPSA) is 69.2 Å². The molecule has 0 saturated carbocycles. The maximum atomic E-state index is 12.0. The first-order valence-corrected chi connectivity index (χ1v) is 9.01. The lowest BCUT2D eigenvalue weighted by Gasteiger charge is -2.22. The smallest absolute Gasteiger partial charge is 0.271 e. The van der Waals surface area contributed by atoms with Gasteiger partial charge in [-0.2, -0.15) is 5.10 Å². The maximum Gasteiger partial charge on any atom is 0.271 e. The molecule has 26 heavy (non-hydrogen) atoms. The molecule has 0 bridgehead atoms. The lowest BCUT2D eigenvalue weighted by atomic mass is 10.2. The molecule has 3 rings (SSSR count). The Morgan fingerprint density at radius 1 is 1.19 bits per heavy atom. The molecular formula is C19H19BrN2O4. The molecule has 1 atom stereocenters. The number of amides is 1. The second kappa shape index (κ2) is 9.47. The van der Waals surface area contributed by atoms with Gasteiger partial charge < -0.3 is 14.2 Å². The highest BCUT2D eigenvalue weighted by Gasteiger charge is 2.14. The van der Waals surface area contributed by atoms with Gasteiger partial charge in [0.05, 0.1) is 26.0 Å². The third-order valence-corrected chi connectivity index (χ3v) is 4.22. The van der Waals surface area contributed by atoms with Crippen molar-refractivity contribution in [2.45, 2.75) is 6.10 Å². The third kappa shape index (κ3) is 5.66. The van der Waals surface area contributed by atoms with Gasteiger partial charge >= 0.3 is 0 Å². The molecular weight excluding hydrogens is 400 g/mol. The van der Waals surface area contributed by atoms with Crippen LogP contribution in [0.3, 0.4) is 0 Å². The minimum atomic E-state index is -0.261. The van der Waals surface area contributed by atoms with Crippen molar-refractivity contribution < 1.29 is 19.0 Å². The van der Waals surface area contributed by atoms with Crippen molar-refractivity contribution in [3.8, 4) is 5.75 Å². The lowest BCUT2D eigenvalue weighted by molar-refractivity contribution is -0.101. The van der Waals surface area contributed by atoms with E-state index in [1.54, 1.807) is 18.3 Å². The molecule has 1 aliphatic rings. The molecule has 2 aromatic carbocycles. The number of hydrogen-bond acceptors (Lipinski definition) is 5. The van der Waals surface area contributed by atoms with Crippen LogP contribution in [0.4, 0.5) is 0 Å². The molecule has 136 valence electrons. The molecule has 6 nitrogen and oxygen atoms in total. The highest BCUT2D eigenvalue weighted by molar-refractivity contribution is 9.10. The average molecular weight is 419 g/mol. The number of carbonyl (C=O) groups is 1. The van der Waals surface area contributed by atoms with Crippen molar-refractivity contribution >= 4 is 28.1 Å². The zero-order valence-corrected chi connectivity index (χ0v) is 15.6. The molecule has 1 aliphatic heterocycles. The van der Waals surface area contributed by atoms with Gasteiger partial charge in [-0.3, -0.25) is 4.79 Å². The summed E-state index contributed by atoms with van der Waals surface area (Å²) >= 11 is 3.33. The molecule has 0 aliphatic carbocycles. The van der Waals surface area contributed by atoms with Gasteiger partial charge in [-0.05, 0) is 54.1 Å². The van der Waals surface area contributed by atoms with Crippen molar-refractivity contribution in [3.63, 3.8) is 0 Å². The number of halogens is 1. The summed E-state index contributed by atoms with van der Waals surface area (Å²) in [6.07, 6.45) is 1.55. The number of benzene rings is 2. The Labute approximate surface area is 160 Å². The number of rotatable bonds is 6. The van der Waals surface area contributed by atoms with E-state index in [0.717, 1.165) is 15.8 Å². The normalized spacial score (nSPS) is 17.2. The van der Waals surface area contributed by atoms with Crippen molar-refractivity contribution in [2.24, 2.45) is 5.10 Å². The Bertz CT molecular complexity index is 741. The van der Waals surface area contributed by atoms with Gasteiger partial charge in [0.15, 0.2) is 0 Å². The molecule has 1 amide bonds. The van der Waals surface area contributed by atoms with E-state index in [1.807, 2.05) is 36.4 Å². The molecule has 1 fully saturated rings. The molecule has 0 unspecified atom stereocenters. The highest BCUT2D eigenvalue weighted by Crippen LogP contribution is 2.13. The van der Waals surface area contributed by atoms with E-state index in [1.165, 1.54) is 0 Å². The van der Waals surface area contributed by atoms with Crippen molar-refractivity contribution in [3.05, 3.63) is 64.1 Å². The number of hydrazone groups is 1. The summed E-state index contributed by atoms with van der Waals surface area (Å²) in [5.41, 5.74) is 3.90. The number of hydrogen-bond donors (Lipinski definition) is 1. The Morgan fingerprint density at radius 3 is 2.65 bits per heavy atom. The van der Waals surface area contributed by atoms with Gasteiger partial charge in [0.1, 0.15) is 18.5 Å². The molecule has 0 radical (unpaired) electrons. The van der Waals surface area contributed by atoms with Gasteiger partial charge in [0, 0.05) is 10.0 Å². The first kappa shape index (κ1) is 18.6. The van der Waals surface area contributed by atoms with Crippen LogP contribution in [0.15, 0.2) is 58.1 Å². The van der Waals surface area contributed by atoms with Crippen LogP contribution in [0.1, 0.15) is 15.9 Å². The van der Waals surface area contributed by atoms with E-state index in [-0.39, 0.29) is 12.0 Å². The molecule has 0 spiro atoms. The largest absolute Gasteiger partial charge is 0.491 e. The first-order valence-electron chi connectivity index (χ1n) is 8.22. The summed E-state index contributed by atoms with van der Waals surface area (Å²) in [5, 5.41) is 3.98. The van der Waals surface area contributed by atoms with E-state index >= 15 is 0 Å². The molecule has 1 heterocycles. The number of ether oxygens (including phenoxy) is 3. The first-order chi connectivity index (χ1) is 12.7. The van der Waals surface area contributed by atoms with Crippen LogP contribution in [0.25, 0.3) is 0 Å². The molecule has 1 saturated heterocycles. The van der Waals surface area contributed by atoms with E-state index < -0.39 is 0 Å². The minimum Gasteiger partial charge on any atom is -0.491 e. The summed E-state index contributed by atoms with van der Waals surface area (Å²) < 4.78 is 17.5. The van der Waals surface area contributed by atoms with E-state index in [9.17, 15) is 4.79 Å². The van der Waals surface area contributed by atoms with Crippen LogP contribution in [0, 0.1) is 0 Å². The predicted octanol–water partition coefficient (Wildman–Crippen LogP) is 3.01. The SMILES string of the molecule is O=C(N/N=C\c1ccc(OC[C@H]2COCCO2)cc1)c1ccc(Br)cc1. The van der Waals surface area contributed by atoms with Gasteiger partial charge in [0.25, 0.3) is 5.91 Å². The van der Waals surface area contributed by atoms with Crippen molar-refractivity contribution in [1.82, 2.24) is 5.43 Å². The Morgan fingerprint density at radius 2 is 1.96 bits per heavy atom. The van der Waals surface area contributed by atoms with Crippen LogP contribution in [0.2, 0.25) is 0 Å². The van der Waals surface area contributed by atoms with Crippen LogP contribution in [0.5, 0.6) is 5.75 Å². The van der Waals surface area contributed by atoms with Gasteiger partial charge in [-0.15, -0.1) is 0 Å². The molecule has 0 aromatic heterocycles. The summed E-state index contributed by atoms with van der Waals surface area (Å²) in [6, 6.07) is 14.5. The highest BCUT2D eigenvalue weighted by atomic mass is 79.9. The number of nitrogens with one attached hydrogen (secondary N) is 1. The standard InChI is InChI=1S/C19H19BrN2O4/c20-16-5-3-15(4-6-16)19(23)22-21-11-14-1-7-17(8-2-14)26-13-18-12-24-9-10-25-18/h1-8,11,18H,9-10,12-13H2,(H,22,23)/b21-11-/t18-/m1/s1. The van der Waals surface area contributed by atoms with Crippen LogP contribution in [-0.4, -0.2) is 44.7 Å². The van der Waals surface area contributed by atoms with Gasteiger partial charge in [0.2, 0.25) is 0 Å². The molecule has 1 N–H and O–H groups in total. The summed E-state index contributed by atoms with van der Waals surface area (Å²) in [4.78, 5) is 12.0. The lowest BCUT2D eigenvalue weighted by Crippen LogP contribution is -2.33. The number of carbonyl (C=O) groups excluding carboxylic acids is 1. The van der Waals surface area contributed by atoms with Gasteiger partial charge in [-0.1, -0.05) is 15.9 Å². The van der Waals surface area contributed by atoms with Crippen LogP contribution >= 0.6 is 15.9 Å². The molecule has 7 heteroatoms. The molecule has 2 aromatic rings. The zero-order valence-electron chi connectivity index (χ0n) is 14.1. The summed E-state index contributed by atoms with van der Waals surface area (Å²) in [6.45, 7) is 2.26. The average Bonchev–Trinajstić information content (AvgIpc) is 2.68. The fourth-order valence-electron chi connectivity index (χ4n) is 2.30. The van der Waals surface area contributed by atoms with Crippen molar-refractivity contribution in [2.75, 3.05) is 26.4 Å². The van der Waals surface area contributed by atoms with E-state index in [4.69, 9.17) is 14.2 Å².